The fraction of sp³-hybridized carbons (Fsp3) is 0.385. The van der Waals surface area contributed by atoms with Crippen molar-refractivity contribution in [3.8, 4) is 0 Å². The number of benzene rings is 1. The molecule has 0 bridgehead atoms. The smallest absolute Gasteiger partial charge is 0.335 e. The van der Waals surface area contributed by atoms with Crippen LogP contribution >= 0.6 is 11.8 Å². The minimum absolute atomic E-state index is 0.00321. The standard InChI is InChI=1S/C13H15FN2O3S/c14-10-5-8(13(18)19)1-2-11(10)16-12(17)6-9-7-20-4-3-15-9/h1-2,5,9,15H,3-4,6-7H2,(H,16,17)(H,18,19). The van der Waals surface area contributed by atoms with Crippen molar-refractivity contribution in [2.75, 3.05) is 23.4 Å². The van der Waals surface area contributed by atoms with Crippen LogP contribution in [0.2, 0.25) is 0 Å². The number of aromatic carboxylic acids is 1. The maximum atomic E-state index is 13.7. The molecule has 1 aliphatic heterocycles. The summed E-state index contributed by atoms with van der Waals surface area (Å²) in [5.41, 5.74) is -0.144. The number of halogens is 1. The first-order valence-corrected chi connectivity index (χ1v) is 7.35. The van der Waals surface area contributed by atoms with Gasteiger partial charge in [-0.25, -0.2) is 9.18 Å². The number of amides is 1. The zero-order valence-corrected chi connectivity index (χ0v) is 11.5. The highest BCUT2D eigenvalue weighted by Crippen LogP contribution is 2.17. The Morgan fingerprint density at radius 1 is 1.50 bits per heavy atom. The quantitative estimate of drug-likeness (QED) is 0.786. The lowest BCUT2D eigenvalue weighted by Gasteiger charge is -2.22. The van der Waals surface area contributed by atoms with Gasteiger partial charge >= 0.3 is 5.97 Å². The molecule has 1 aliphatic rings. The van der Waals surface area contributed by atoms with Crippen molar-refractivity contribution in [3.63, 3.8) is 0 Å². The summed E-state index contributed by atoms with van der Waals surface area (Å²) in [5, 5.41) is 14.4. The van der Waals surface area contributed by atoms with E-state index in [0.717, 1.165) is 24.1 Å². The van der Waals surface area contributed by atoms with Gasteiger partial charge in [0, 0.05) is 30.5 Å². The van der Waals surface area contributed by atoms with E-state index in [9.17, 15) is 14.0 Å². The maximum Gasteiger partial charge on any atom is 0.335 e. The number of hydrogen-bond donors (Lipinski definition) is 3. The van der Waals surface area contributed by atoms with Gasteiger partial charge in [0.05, 0.1) is 11.3 Å². The van der Waals surface area contributed by atoms with Gasteiger partial charge in [-0.05, 0) is 18.2 Å². The minimum atomic E-state index is -1.20. The maximum absolute atomic E-state index is 13.7. The second-order valence-electron chi connectivity index (χ2n) is 4.48. The van der Waals surface area contributed by atoms with Gasteiger partial charge in [-0.2, -0.15) is 11.8 Å². The molecule has 108 valence electrons. The number of thioether (sulfide) groups is 1. The topological polar surface area (TPSA) is 78.4 Å². The van der Waals surface area contributed by atoms with Crippen molar-refractivity contribution in [1.29, 1.82) is 0 Å². The molecule has 7 heteroatoms. The molecule has 1 saturated heterocycles. The van der Waals surface area contributed by atoms with E-state index in [4.69, 9.17) is 5.11 Å². The lowest BCUT2D eigenvalue weighted by molar-refractivity contribution is -0.116. The van der Waals surface area contributed by atoms with Gasteiger partial charge in [0.2, 0.25) is 5.91 Å². The molecule has 1 aromatic rings. The number of anilines is 1. The van der Waals surface area contributed by atoms with E-state index in [1.165, 1.54) is 12.1 Å². The lowest BCUT2D eigenvalue weighted by Crippen LogP contribution is -2.39. The Balaban J connectivity index is 1.95. The average molecular weight is 298 g/mol. The van der Waals surface area contributed by atoms with Crippen molar-refractivity contribution in [2.24, 2.45) is 0 Å². The van der Waals surface area contributed by atoms with Crippen molar-refractivity contribution in [1.82, 2.24) is 5.32 Å². The third-order valence-corrected chi connectivity index (χ3v) is 4.05. The number of hydrogen-bond acceptors (Lipinski definition) is 4. The Morgan fingerprint density at radius 2 is 2.30 bits per heavy atom. The number of carbonyl (C=O) groups excluding carboxylic acids is 1. The highest BCUT2D eigenvalue weighted by Gasteiger charge is 2.18. The summed E-state index contributed by atoms with van der Waals surface area (Å²) in [7, 11) is 0. The molecule has 1 aromatic carbocycles. The second kappa shape index (κ2) is 6.71. The predicted octanol–water partition coefficient (Wildman–Crippen LogP) is 1.56. The zero-order chi connectivity index (χ0) is 14.5. The molecule has 1 atom stereocenters. The third-order valence-electron chi connectivity index (χ3n) is 2.92. The zero-order valence-electron chi connectivity index (χ0n) is 10.7. The molecule has 2 rings (SSSR count). The van der Waals surface area contributed by atoms with E-state index in [1.807, 2.05) is 0 Å². The van der Waals surface area contributed by atoms with E-state index >= 15 is 0 Å². The summed E-state index contributed by atoms with van der Waals surface area (Å²) in [6.45, 7) is 0.865. The molecule has 0 aliphatic carbocycles. The molecule has 20 heavy (non-hydrogen) atoms. The van der Waals surface area contributed by atoms with E-state index in [-0.39, 0.29) is 29.6 Å². The van der Waals surface area contributed by atoms with Crippen LogP contribution in [0.25, 0.3) is 0 Å². The number of carboxylic acids is 1. The molecule has 1 heterocycles. The van der Waals surface area contributed by atoms with Gasteiger partial charge < -0.3 is 15.7 Å². The fourth-order valence-electron chi connectivity index (χ4n) is 1.93. The number of carboxylic acid groups (broad SMARTS) is 1. The monoisotopic (exact) mass is 298 g/mol. The van der Waals surface area contributed by atoms with Gasteiger partial charge in [-0.15, -0.1) is 0 Å². The first-order chi connectivity index (χ1) is 9.56. The van der Waals surface area contributed by atoms with Crippen LogP contribution in [0.1, 0.15) is 16.8 Å². The van der Waals surface area contributed by atoms with Gasteiger partial charge in [-0.1, -0.05) is 0 Å². The summed E-state index contributed by atoms with van der Waals surface area (Å²) >= 11 is 1.78. The molecule has 3 N–H and O–H groups in total. The number of nitrogens with one attached hydrogen (secondary N) is 2. The fourth-order valence-corrected chi connectivity index (χ4v) is 2.87. The third kappa shape index (κ3) is 3.94. The van der Waals surface area contributed by atoms with Crippen molar-refractivity contribution in [3.05, 3.63) is 29.6 Å². The van der Waals surface area contributed by atoms with Gasteiger partial charge in [0.1, 0.15) is 5.82 Å². The summed E-state index contributed by atoms with van der Waals surface area (Å²) < 4.78 is 13.7. The van der Waals surface area contributed by atoms with E-state index in [2.05, 4.69) is 10.6 Å². The van der Waals surface area contributed by atoms with Crippen LogP contribution in [0.4, 0.5) is 10.1 Å². The number of carbonyl (C=O) groups is 2. The Bertz CT molecular complexity index is 518. The Hall–Kier alpha value is -1.60. The molecule has 1 amide bonds. The van der Waals surface area contributed by atoms with Crippen LogP contribution in [-0.4, -0.2) is 41.1 Å². The Labute approximate surface area is 119 Å². The predicted molar refractivity (Wildman–Crippen MR) is 75.7 cm³/mol. The van der Waals surface area contributed by atoms with Crippen LogP contribution in [0.15, 0.2) is 18.2 Å². The first-order valence-electron chi connectivity index (χ1n) is 6.20. The minimum Gasteiger partial charge on any atom is -0.478 e. The average Bonchev–Trinajstić information content (AvgIpc) is 2.42. The molecule has 0 radical (unpaired) electrons. The second-order valence-corrected chi connectivity index (χ2v) is 5.63. The summed E-state index contributed by atoms with van der Waals surface area (Å²) in [6, 6.07) is 3.51. The van der Waals surface area contributed by atoms with E-state index in [1.54, 1.807) is 11.8 Å². The summed E-state index contributed by atoms with van der Waals surface area (Å²) in [6.07, 6.45) is 0.271. The van der Waals surface area contributed by atoms with Crippen LogP contribution in [0.3, 0.4) is 0 Å². The Morgan fingerprint density at radius 3 is 2.90 bits per heavy atom. The van der Waals surface area contributed by atoms with Crippen LogP contribution in [0, 0.1) is 5.82 Å². The highest BCUT2D eigenvalue weighted by atomic mass is 32.2. The van der Waals surface area contributed by atoms with Crippen molar-refractivity contribution < 1.29 is 19.1 Å². The van der Waals surface area contributed by atoms with Gasteiger partial charge in [0.15, 0.2) is 0 Å². The largest absolute Gasteiger partial charge is 0.478 e. The van der Waals surface area contributed by atoms with Crippen LogP contribution in [-0.2, 0) is 4.79 Å². The molecule has 0 saturated carbocycles. The first kappa shape index (κ1) is 14.8. The molecule has 1 fully saturated rings. The van der Waals surface area contributed by atoms with Gasteiger partial charge in [-0.3, -0.25) is 4.79 Å². The van der Waals surface area contributed by atoms with Crippen LogP contribution < -0.4 is 10.6 Å². The normalized spacial score (nSPS) is 18.6. The van der Waals surface area contributed by atoms with Crippen LogP contribution in [0.5, 0.6) is 0 Å². The lowest BCUT2D eigenvalue weighted by atomic mass is 10.2. The SMILES string of the molecule is O=C(CC1CSCCN1)Nc1ccc(C(=O)O)cc1F. The molecular formula is C13H15FN2O3S. The van der Waals surface area contributed by atoms with E-state index < -0.39 is 11.8 Å². The molecule has 5 nitrogen and oxygen atoms in total. The highest BCUT2D eigenvalue weighted by molar-refractivity contribution is 7.99. The summed E-state index contributed by atoms with van der Waals surface area (Å²) in [4.78, 5) is 22.5. The number of rotatable bonds is 4. The van der Waals surface area contributed by atoms with E-state index in [0.29, 0.717) is 0 Å². The molecule has 0 spiro atoms. The van der Waals surface area contributed by atoms with Crippen molar-refractivity contribution >= 4 is 29.3 Å². The van der Waals surface area contributed by atoms with Gasteiger partial charge in [0.25, 0.3) is 0 Å². The Kier molecular flexibility index (Phi) is 4.97. The van der Waals surface area contributed by atoms with Crippen molar-refractivity contribution in [2.45, 2.75) is 12.5 Å². The summed E-state index contributed by atoms with van der Waals surface area (Å²) in [5.74, 6) is -0.349. The molecule has 1 unspecified atom stereocenters. The molecular weight excluding hydrogens is 283 g/mol. The molecule has 0 aromatic heterocycles.